The maximum atomic E-state index is 12.7. The highest BCUT2D eigenvalue weighted by Gasteiger charge is 2.15. The van der Waals surface area contributed by atoms with Crippen molar-refractivity contribution in [2.24, 2.45) is 4.40 Å². The van der Waals surface area contributed by atoms with Gasteiger partial charge >= 0.3 is 0 Å². The number of aromatic nitrogens is 1. The highest BCUT2D eigenvalue weighted by atomic mass is 32.2. The molecule has 0 aliphatic carbocycles. The molecule has 0 N–H and O–H groups in total. The monoisotopic (exact) mass is 386 g/mol. The van der Waals surface area contributed by atoms with Gasteiger partial charge in [0.25, 0.3) is 10.0 Å². The minimum Gasteiger partial charge on any atom is -0.497 e. The lowest BCUT2D eigenvalue weighted by Crippen LogP contribution is -2.16. The van der Waals surface area contributed by atoms with Gasteiger partial charge in [0.15, 0.2) is 0 Å². The topological polar surface area (TPSA) is 60.7 Å². The van der Waals surface area contributed by atoms with Gasteiger partial charge in [-0.1, -0.05) is 30.2 Å². The number of sulfonamides is 1. The van der Waals surface area contributed by atoms with E-state index in [2.05, 4.69) is 17.2 Å². The molecule has 0 amide bonds. The third-order valence-electron chi connectivity index (χ3n) is 3.96. The fourth-order valence-corrected chi connectivity index (χ4v) is 4.85. The molecule has 1 heterocycles. The summed E-state index contributed by atoms with van der Waals surface area (Å²) in [5.41, 5.74) is 2.06. The summed E-state index contributed by atoms with van der Waals surface area (Å²) in [7, 11) is -2.33. The van der Waals surface area contributed by atoms with Crippen molar-refractivity contribution in [3.63, 3.8) is 0 Å². The van der Waals surface area contributed by atoms with Crippen LogP contribution < -0.4 is 9.54 Å². The third kappa shape index (κ3) is 3.52. The molecule has 26 heavy (non-hydrogen) atoms. The summed E-state index contributed by atoms with van der Waals surface area (Å²) in [4.78, 5) is 0.472. The van der Waals surface area contributed by atoms with E-state index in [4.69, 9.17) is 11.2 Å². The van der Waals surface area contributed by atoms with Crippen LogP contribution in [0.1, 0.15) is 12.5 Å². The third-order valence-corrected chi connectivity index (χ3v) is 6.40. The molecule has 0 aliphatic rings. The molecular weight excluding hydrogens is 368 g/mol. The van der Waals surface area contributed by atoms with E-state index in [0.29, 0.717) is 10.6 Å². The van der Waals surface area contributed by atoms with Crippen molar-refractivity contribution >= 4 is 31.6 Å². The molecule has 0 aliphatic heterocycles. The van der Waals surface area contributed by atoms with E-state index in [-0.39, 0.29) is 11.4 Å². The van der Waals surface area contributed by atoms with Gasteiger partial charge < -0.3 is 9.30 Å². The molecule has 0 unspecified atom stereocenters. The van der Waals surface area contributed by atoms with E-state index in [1.807, 2.05) is 18.2 Å². The Labute approximate surface area is 156 Å². The lowest BCUT2D eigenvalue weighted by molar-refractivity contribution is 0.414. The van der Waals surface area contributed by atoms with Crippen LogP contribution in [-0.2, 0) is 23.0 Å². The average Bonchev–Trinajstić information content (AvgIpc) is 2.97. The first-order valence-electron chi connectivity index (χ1n) is 7.99. The standard InChI is InChI=1S/C19H18N2O3S2/c1-4-12-21-17-11-6-14(5-2)13-18(17)25-19(21)20-26(22,23)16-9-7-15(24-3)8-10-16/h1,6-11,13H,5,12H2,2-3H3. The summed E-state index contributed by atoms with van der Waals surface area (Å²) in [5.74, 6) is 3.15. The zero-order chi connectivity index (χ0) is 18.7. The van der Waals surface area contributed by atoms with Gasteiger partial charge in [0.1, 0.15) is 5.75 Å². The van der Waals surface area contributed by atoms with E-state index in [9.17, 15) is 8.42 Å². The van der Waals surface area contributed by atoms with Crippen LogP contribution in [0.3, 0.4) is 0 Å². The second-order valence-corrected chi connectivity index (χ2v) is 8.19. The van der Waals surface area contributed by atoms with Crippen LogP contribution in [-0.4, -0.2) is 20.1 Å². The maximum absolute atomic E-state index is 12.7. The van der Waals surface area contributed by atoms with Crippen molar-refractivity contribution in [2.45, 2.75) is 24.8 Å². The lowest BCUT2D eigenvalue weighted by Gasteiger charge is -2.03. The van der Waals surface area contributed by atoms with Crippen LogP contribution in [0.5, 0.6) is 5.75 Å². The van der Waals surface area contributed by atoms with Gasteiger partial charge in [0.2, 0.25) is 4.80 Å². The van der Waals surface area contributed by atoms with Crippen molar-refractivity contribution in [1.29, 1.82) is 0 Å². The van der Waals surface area contributed by atoms with Crippen molar-refractivity contribution in [3.05, 3.63) is 52.8 Å². The molecular formula is C19H18N2O3S2. The normalized spacial score (nSPS) is 12.3. The Morgan fingerprint density at radius 3 is 2.58 bits per heavy atom. The number of hydrogen-bond donors (Lipinski definition) is 0. The molecule has 0 bridgehead atoms. The molecule has 3 aromatic rings. The van der Waals surface area contributed by atoms with Crippen LogP contribution in [0.4, 0.5) is 0 Å². The van der Waals surface area contributed by atoms with Gasteiger partial charge in [0, 0.05) is 0 Å². The summed E-state index contributed by atoms with van der Waals surface area (Å²) in [6, 6.07) is 12.2. The Bertz CT molecular complexity index is 1150. The summed E-state index contributed by atoms with van der Waals surface area (Å²) in [5, 5.41) is 0. The second-order valence-electron chi connectivity index (χ2n) is 5.57. The molecule has 0 saturated heterocycles. The number of nitrogens with zero attached hydrogens (tertiary/aromatic N) is 2. The number of benzene rings is 2. The van der Waals surface area contributed by atoms with E-state index in [1.165, 1.54) is 36.1 Å². The number of methoxy groups -OCH3 is 1. The fraction of sp³-hybridized carbons (Fsp3) is 0.211. The van der Waals surface area contributed by atoms with E-state index in [0.717, 1.165) is 16.6 Å². The lowest BCUT2D eigenvalue weighted by atomic mass is 10.2. The Balaban J connectivity index is 2.18. The zero-order valence-electron chi connectivity index (χ0n) is 14.5. The van der Waals surface area contributed by atoms with Crippen LogP contribution >= 0.6 is 11.3 Å². The minimum absolute atomic E-state index is 0.109. The fourth-order valence-electron chi connectivity index (χ4n) is 2.55. The van der Waals surface area contributed by atoms with Gasteiger partial charge in [-0.25, -0.2) is 0 Å². The molecule has 5 nitrogen and oxygen atoms in total. The van der Waals surface area contributed by atoms with Gasteiger partial charge in [-0.2, -0.15) is 8.42 Å². The number of terminal acetylenes is 1. The van der Waals surface area contributed by atoms with Crippen molar-refractivity contribution in [2.75, 3.05) is 7.11 Å². The Morgan fingerprint density at radius 1 is 1.23 bits per heavy atom. The number of aryl methyl sites for hydroxylation is 1. The molecule has 2 aromatic carbocycles. The van der Waals surface area contributed by atoms with Crippen molar-refractivity contribution in [3.8, 4) is 18.1 Å². The van der Waals surface area contributed by atoms with E-state index < -0.39 is 10.0 Å². The molecule has 0 atom stereocenters. The minimum atomic E-state index is -3.85. The highest BCUT2D eigenvalue weighted by molar-refractivity contribution is 7.90. The number of thiazole rings is 1. The van der Waals surface area contributed by atoms with E-state index in [1.54, 1.807) is 16.7 Å². The van der Waals surface area contributed by atoms with Gasteiger partial charge in [0.05, 0.1) is 28.8 Å². The van der Waals surface area contributed by atoms with E-state index >= 15 is 0 Å². The van der Waals surface area contributed by atoms with Crippen LogP contribution in [0, 0.1) is 12.3 Å². The highest BCUT2D eigenvalue weighted by Crippen LogP contribution is 2.21. The predicted molar refractivity (Wildman–Crippen MR) is 104 cm³/mol. The smallest absolute Gasteiger partial charge is 0.285 e. The molecule has 0 fully saturated rings. The van der Waals surface area contributed by atoms with Crippen molar-refractivity contribution < 1.29 is 13.2 Å². The predicted octanol–water partition coefficient (Wildman–Crippen LogP) is 3.20. The van der Waals surface area contributed by atoms with Gasteiger partial charge in [-0.05, 0) is 48.4 Å². The Hall–Kier alpha value is -2.56. The summed E-state index contributed by atoms with van der Waals surface area (Å²) in [6.45, 7) is 2.33. The molecule has 0 radical (unpaired) electrons. The first-order chi connectivity index (χ1) is 12.5. The van der Waals surface area contributed by atoms with Crippen LogP contribution in [0.2, 0.25) is 0 Å². The van der Waals surface area contributed by atoms with Crippen LogP contribution in [0.15, 0.2) is 51.8 Å². The number of hydrogen-bond acceptors (Lipinski definition) is 4. The summed E-state index contributed by atoms with van der Waals surface area (Å²) < 4.78 is 37.2. The van der Waals surface area contributed by atoms with Gasteiger partial charge in [-0.3, -0.25) is 0 Å². The molecule has 0 saturated carbocycles. The first-order valence-corrected chi connectivity index (χ1v) is 10.2. The zero-order valence-corrected chi connectivity index (χ0v) is 16.1. The quantitative estimate of drug-likeness (QED) is 0.633. The Morgan fingerprint density at radius 2 is 1.96 bits per heavy atom. The average molecular weight is 386 g/mol. The second kappa shape index (κ2) is 7.36. The SMILES string of the molecule is C#CCn1c(=NS(=O)(=O)c2ccc(OC)cc2)sc2cc(CC)ccc21. The molecule has 0 spiro atoms. The molecule has 7 heteroatoms. The largest absolute Gasteiger partial charge is 0.497 e. The van der Waals surface area contributed by atoms with Crippen LogP contribution in [0.25, 0.3) is 10.2 Å². The van der Waals surface area contributed by atoms with Gasteiger partial charge in [-0.15, -0.1) is 10.8 Å². The summed E-state index contributed by atoms with van der Waals surface area (Å²) >= 11 is 1.32. The first kappa shape index (κ1) is 18.2. The maximum Gasteiger partial charge on any atom is 0.285 e. The molecule has 1 aromatic heterocycles. The summed E-state index contributed by atoms with van der Waals surface area (Å²) in [6.07, 6.45) is 6.37. The number of fused-ring (bicyclic) bond motifs is 1. The molecule has 134 valence electrons. The van der Waals surface area contributed by atoms with Crippen molar-refractivity contribution in [1.82, 2.24) is 4.57 Å². The number of ether oxygens (including phenoxy) is 1. The Kier molecular flexibility index (Phi) is 5.16. The number of rotatable bonds is 5. The molecule has 3 rings (SSSR count).